The monoisotopic (exact) mass is 708 g/mol. The van der Waals surface area contributed by atoms with Gasteiger partial charge in [0.25, 0.3) is 0 Å². The van der Waals surface area contributed by atoms with Gasteiger partial charge in [-0.3, -0.25) is 14.6 Å². The Kier molecular flexibility index (Phi) is 10.9. The van der Waals surface area contributed by atoms with Crippen LogP contribution in [0.2, 0.25) is 0 Å². The second kappa shape index (κ2) is 15.9. The lowest BCUT2D eigenvalue weighted by molar-refractivity contribution is -0.121. The maximum absolute atomic E-state index is 12.5. The summed E-state index contributed by atoms with van der Waals surface area (Å²) >= 11 is 0. The van der Waals surface area contributed by atoms with Crippen LogP contribution in [-0.4, -0.2) is 123 Å². The predicted octanol–water partition coefficient (Wildman–Crippen LogP) is 4.70. The summed E-state index contributed by atoms with van der Waals surface area (Å²) in [7, 11) is 0. The highest BCUT2D eigenvalue weighted by Crippen LogP contribution is 2.35. The molecule has 2 aromatic carbocycles. The molecule has 3 fully saturated rings. The molecule has 276 valence electrons. The van der Waals surface area contributed by atoms with Gasteiger partial charge in [-0.1, -0.05) is 30.3 Å². The molecule has 2 saturated heterocycles. The number of anilines is 3. The van der Waals surface area contributed by atoms with Crippen LogP contribution >= 0.6 is 0 Å². The van der Waals surface area contributed by atoms with E-state index in [0.29, 0.717) is 12.2 Å². The van der Waals surface area contributed by atoms with Gasteiger partial charge < -0.3 is 29.7 Å². The number of nitrogens with one attached hydrogen (secondary N) is 2. The van der Waals surface area contributed by atoms with Crippen molar-refractivity contribution in [2.75, 3.05) is 75.7 Å². The molecule has 2 aromatic heterocycles. The third-order valence-electron chi connectivity index (χ3n) is 10.3. The van der Waals surface area contributed by atoms with Gasteiger partial charge >= 0.3 is 6.09 Å². The number of piperazine rings is 2. The molecule has 0 bridgehead atoms. The SMILES string of the molecule is CC(C)(C)OC(=O)N1CCN(CCCN2CCN(c3ccc(Nc4ncnc5c4ncn5C4CC(NC(=O)Cc5ccccc5)C4)cc3)CC2)CC1. The highest BCUT2D eigenvalue weighted by atomic mass is 16.6. The Morgan fingerprint density at radius 2 is 1.50 bits per heavy atom. The van der Waals surface area contributed by atoms with Crippen molar-refractivity contribution >= 4 is 40.4 Å². The van der Waals surface area contributed by atoms with Crippen LogP contribution in [0, 0.1) is 0 Å². The van der Waals surface area contributed by atoms with E-state index in [1.54, 1.807) is 6.33 Å². The lowest BCUT2D eigenvalue weighted by Crippen LogP contribution is -2.50. The van der Waals surface area contributed by atoms with Gasteiger partial charge in [0, 0.05) is 75.8 Å². The van der Waals surface area contributed by atoms with E-state index in [-0.39, 0.29) is 24.1 Å². The predicted molar refractivity (Wildman–Crippen MR) is 203 cm³/mol. The number of nitrogens with zero attached hydrogens (tertiary/aromatic N) is 8. The summed E-state index contributed by atoms with van der Waals surface area (Å²) in [4.78, 5) is 47.9. The van der Waals surface area contributed by atoms with Crippen LogP contribution < -0.4 is 15.5 Å². The van der Waals surface area contributed by atoms with Crippen LogP contribution in [-0.2, 0) is 16.0 Å². The van der Waals surface area contributed by atoms with E-state index in [4.69, 9.17) is 4.74 Å². The maximum atomic E-state index is 12.5. The Balaban J connectivity index is 0.829. The Hall–Kier alpha value is -4.75. The van der Waals surface area contributed by atoms with Crippen LogP contribution in [0.15, 0.2) is 67.3 Å². The molecule has 3 aliphatic rings. The number of carbonyl (C=O) groups is 2. The van der Waals surface area contributed by atoms with Gasteiger partial charge in [-0.05, 0) is 83.0 Å². The first-order chi connectivity index (χ1) is 25.2. The normalized spacial score (nSPS) is 20.1. The zero-order valence-corrected chi connectivity index (χ0v) is 30.7. The van der Waals surface area contributed by atoms with Gasteiger partial charge in [0.15, 0.2) is 17.0 Å². The van der Waals surface area contributed by atoms with Crippen molar-refractivity contribution in [1.82, 2.24) is 39.5 Å². The van der Waals surface area contributed by atoms with E-state index in [1.807, 2.05) is 62.3 Å². The molecule has 52 heavy (non-hydrogen) atoms. The number of amides is 2. The fraction of sp³-hybridized carbons (Fsp3) is 0.513. The number of carbonyl (C=O) groups excluding carboxylic acids is 2. The fourth-order valence-corrected chi connectivity index (χ4v) is 7.32. The van der Waals surface area contributed by atoms with Crippen molar-refractivity contribution in [3.8, 4) is 0 Å². The van der Waals surface area contributed by atoms with Crippen LogP contribution in [0.3, 0.4) is 0 Å². The second-order valence-electron chi connectivity index (χ2n) is 15.3. The first kappa shape index (κ1) is 35.6. The Labute approximate surface area is 306 Å². The van der Waals surface area contributed by atoms with Gasteiger partial charge in [0.1, 0.15) is 11.9 Å². The number of hydrogen-bond donors (Lipinski definition) is 2. The van der Waals surface area contributed by atoms with Crippen LogP contribution in [0.5, 0.6) is 0 Å². The number of fused-ring (bicyclic) bond motifs is 1. The van der Waals surface area contributed by atoms with Gasteiger partial charge in [-0.2, -0.15) is 0 Å². The van der Waals surface area contributed by atoms with E-state index < -0.39 is 5.60 Å². The lowest BCUT2D eigenvalue weighted by Gasteiger charge is -2.37. The molecule has 7 rings (SSSR count). The third kappa shape index (κ3) is 8.99. The topological polar surface area (TPSA) is 124 Å². The minimum absolute atomic E-state index is 0.0589. The number of ether oxygens (including phenoxy) is 1. The summed E-state index contributed by atoms with van der Waals surface area (Å²) in [6.45, 7) is 15.3. The summed E-state index contributed by atoms with van der Waals surface area (Å²) in [6.07, 6.45) is 6.47. The molecule has 0 radical (unpaired) electrons. The van der Waals surface area contributed by atoms with Gasteiger partial charge in [-0.25, -0.2) is 19.7 Å². The molecule has 0 atom stereocenters. The number of rotatable bonds is 11. The highest BCUT2D eigenvalue weighted by molar-refractivity contribution is 5.85. The summed E-state index contributed by atoms with van der Waals surface area (Å²) in [5.41, 5.74) is 4.28. The summed E-state index contributed by atoms with van der Waals surface area (Å²) < 4.78 is 7.64. The first-order valence-corrected chi connectivity index (χ1v) is 18.7. The van der Waals surface area contributed by atoms with Crippen molar-refractivity contribution in [2.45, 2.75) is 64.1 Å². The summed E-state index contributed by atoms with van der Waals surface area (Å²) in [5.74, 6) is 0.741. The summed E-state index contributed by atoms with van der Waals surface area (Å²) in [5, 5.41) is 6.63. The molecule has 13 nitrogen and oxygen atoms in total. The largest absolute Gasteiger partial charge is 0.444 e. The van der Waals surface area contributed by atoms with Crippen LogP contribution in [0.25, 0.3) is 11.2 Å². The van der Waals surface area contributed by atoms with E-state index in [1.165, 1.54) is 5.69 Å². The van der Waals surface area contributed by atoms with Crippen LogP contribution in [0.4, 0.5) is 22.0 Å². The Bertz CT molecular complexity index is 1790. The minimum Gasteiger partial charge on any atom is -0.444 e. The molecular formula is C39H52N10O3. The molecule has 4 heterocycles. The highest BCUT2D eigenvalue weighted by Gasteiger charge is 2.33. The molecule has 1 aliphatic carbocycles. The van der Waals surface area contributed by atoms with Gasteiger partial charge in [-0.15, -0.1) is 0 Å². The van der Waals surface area contributed by atoms with E-state index in [0.717, 1.165) is 107 Å². The smallest absolute Gasteiger partial charge is 0.410 e. The molecule has 13 heteroatoms. The van der Waals surface area contributed by atoms with Crippen molar-refractivity contribution in [2.24, 2.45) is 0 Å². The molecule has 0 unspecified atom stereocenters. The number of hydrogen-bond acceptors (Lipinski definition) is 10. The molecular weight excluding hydrogens is 656 g/mol. The molecule has 4 aromatic rings. The molecule has 1 saturated carbocycles. The van der Waals surface area contributed by atoms with E-state index >= 15 is 0 Å². The van der Waals surface area contributed by atoms with Gasteiger partial charge in [0.2, 0.25) is 5.91 Å². The average Bonchev–Trinajstić information content (AvgIpc) is 3.55. The molecule has 2 amide bonds. The summed E-state index contributed by atoms with van der Waals surface area (Å²) in [6, 6.07) is 18.8. The first-order valence-electron chi connectivity index (χ1n) is 18.7. The van der Waals surface area contributed by atoms with Crippen LogP contribution in [0.1, 0.15) is 51.6 Å². The van der Waals surface area contributed by atoms with E-state index in [9.17, 15) is 9.59 Å². The average molecular weight is 709 g/mol. The van der Waals surface area contributed by atoms with Crippen molar-refractivity contribution in [3.63, 3.8) is 0 Å². The number of aromatic nitrogens is 4. The second-order valence-corrected chi connectivity index (χ2v) is 15.3. The lowest BCUT2D eigenvalue weighted by atomic mass is 9.86. The number of benzene rings is 2. The molecule has 2 N–H and O–H groups in total. The van der Waals surface area contributed by atoms with Crippen molar-refractivity contribution in [3.05, 3.63) is 72.8 Å². The third-order valence-corrected chi connectivity index (χ3v) is 10.3. The van der Waals surface area contributed by atoms with E-state index in [2.05, 4.69) is 69.1 Å². The molecule has 0 spiro atoms. The van der Waals surface area contributed by atoms with Crippen molar-refractivity contribution < 1.29 is 14.3 Å². The zero-order valence-electron chi connectivity index (χ0n) is 30.7. The quantitative estimate of drug-likeness (QED) is 0.227. The Morgan fingerprint density at radius 3 is 2.17 bits per heavy atom. The van der Waals surface area contributed by atoms with Crippen molar-refractivity contribution in [1.29, 1.82) is 0 Å². The standard InChI is InChI=1S/C39H52N10O3/c1-39(2,3)52-38(51)48-22-18-46(19-23-48)15-7-14-45-16-20-47(21-17-45)32-12-10-30(11-13-32)44-36-35-37(41-27-40-36)49(28-42-35)33-25-31(26-33)43-34(50)24-29-8-5-4-6-9-29/h4-6,8-13,27-28,31,33H,7,14-26H2,1-3H3,(H,43,50)(H,40,41,44). The maximum Gasteiger partial charge on any atom is 0.410 e. The number of imidazole rings is 1. The van der Waals surface area contributed by atoms with Gasteiger partial charge in [0.05, 0.1) is 12.7 Å². The Morgan fingerprint density at radius 1 is 0.827 bits per heavy atom. The zero-order chi connectivity index (χ0) is 36.1. The fourth-order valence-electron chi connectivity index (χ4n) is 7.32. The minimum atomic E-state index is -0.453. The molecule has 2 aliphatic heterocycles.